The number of nitrogens with zero attached hydrogens (tertiary/aromatic N) is 2. The third-order valence-electron chi connectivity index (χ3n) is 1.38. The van der Waals surface area contributed by atoms with E-state index in [4.69, 9.17) is 16.9 Å². The molecule has 1 aromatic heterocycles. The molecule has 1 heterocycles. The number of hydrogen-bond donors (Lipinski definition) is 0. The topological polar surface area (TPSA) is 36.7 Å². The van der Waals surface area contributed by atoms with Crippen molar-refractivity contribution in [3.63, 3.8) is 0 Å². The molecule has 1 aromatic rings. The second kappa shape index (κ2) is 4.03. The number of aryl methyl sites for hydroxylation is 1. The molecule has 4 heteroatoms. The number of aromatic nitrogens is 1. The average molecular weight is 185 g/mol. The Bertz CT molecular complexity index is 319. The Balaban J connectivity index is 2.84. The summed E-state index contributed by atoms with van der Waals surface area (Å²) in [5, 5.41) is 8.65. The van der Waals surface area contributed by atoms with Crippen molar-refractivity contribution >= 4 is 11.6 Å². The van der Waals surface area contributed by atoms with Gasteiger partial charge in [-0.1, -0.05) is 11.6 Å². The zero-order valence-corrected chi connectivity index (χ0v) is 6.98. The molecule has 0 spiro atoms. The van der Waals surface area contributed by atoms with Gasteiger partial charge in [0.2, 0.25) is 5.95 Å². The minimum atomic E-state index is -0.547. The molecule has 0 aromatic carbocycles. The van der Waals surface area contributed by atoms with Crippen LogP contribution >= 0.6 is 11.6 Å². The van der Waals surface area contributed by atoms with Crippen molar-refractivity contribution in [2.45, 2.75) is 12.8 Å². The molecule has 0 amide bonds. The highest BCUT2D eigenvalue weighted by atomic mass is 35.5. The van der Waals surface area contributed by atoms with Crippen LogP contribution in [0.15, 0.2) is 12.3 Å². The molecule has 0 unspecified atom stereocenters. The molecule has 0 aliphatic carbocycles. The molecule has 0 fully saturated rings. The van der Waals surface area contributed by atoms with Gasteiger partial charge in [0.25, 0.3) is 0 Å². The third kappa shape index (κ3) is 2.18. The van der Waals surface area contributed by atoms with Crippen LogP contribution in [0.25, 0.3) is 0 Å². The van der Waals surface area contributed by atoms with Gasteiger partial charge in [-0.25, -0.2) is 4.98 Å². The van der Waals surface area contributed by atoms with Crippen LogP contribution in [0, 0.1) is 17.3 Å². The highest BCUT2D eigenvalue weighted by molar-refractivity contribution is 6.30. The molecule has 0 N–H and O–H groups in total. The van der Waals surface area contributed by atoms with E-state index in [1.165, 1.54) is 12.3 Å². The third-order valence-corrected chi connectivity index (χ3v) is 1.59. The van der Waals surface area contributed by atoms with Crippen molar-refractivity contribution in [3.05, 3.63) is 28.8 Å². The fraction of sp³-hybridized carbons (Fsp3) is 0.250. The van der Waals surface area contributed by atoms with E-state index in [9.17, 15) is 4.39 Å². The van der Waals surface area contributed by atoms with Crippen molar-refractivity contribution in [2.75, 3.05) is 0 Å². The number of rotatable bonds is 2. The normalized spacial score (nSPS) is 9.42. The molecule has 0 saturated carbocycles. The van der Waals surface area contributed by atoms with Gasteiger partial charge in [0, 0.05) is 18.2 Å². The highest BCUT2D eigenvalue weighted by Crippen LogP contribution is 2.13. The van der Waals surface area contributed by atoms with E-state index in [0.717, 1.165) is 0 Å². The summed E-state index contributed by atoms with van der Waals surface area (Å²) >= 11 is 5.58. The molecular formula is C8H6ClFN2. The second-order valence-electron chi connectivity index (χ2n) is 2.26. The molecule has 62 valence electrons. The van der Waals surface area contributed by atoms with Crippen molar-refractivity contribution < 1.29 is 4.39 Å². The van der Waals surface area contributed by atoms with Crippen molar-refractivity contribution in [1.82, 2.24) is 4.98 Å². The van der Waals surface area contributed by atoms with Crippen LogP contribution in [0.2, 0.25) is 5.02 Å². The van der Waals surface area contributed by atoms with E-state index in [1.807, 2.05) is 6.07 Å². The first-order valence-corrected chi connectivity index (χ1v) is 3.78. The first-order valence-electron chi connectivity index (χ1n) is 3.41. The quantitative estimate of drug-likeness (QED) is 0.662. The van der Waals surface area contributed by atoms with Crippen LogP contribution in [-0.2, 0) is 6.42 Å². The highest BCUT2D eigenvalue weighted by Gasteiger charge is 2.03. The maximum atomic E-state index is 12.8. The van der Waals surface area contributed by atoms with Gasteiger partial charge in [-0.3, -0.25) is 0 Å². The van der Waals surface area contributed by atoms with Gasteiger partial charge in [0.1, 0.15) is 0 Å². The molecular weight excluding hydrogens is 179 g/mol. The smallest absolute Gasteiger partial charge is 0.216 e. The monoisotopic (exact) mass is 184 g/mol. The fourth-order valence-corrected chi connectivity index (χ4v) is 1.01. The summed E-state index contributed by atoms with van der Waals surface area (Å²) in [7, 11) is 0. The van der Waals surface area contributed by atoms with E-state index >= 15 is 0 Å². The Kier molecular flexibility index (Phi) is 3.01. The van der Waals surface area contributed by atoms with Crippen LogP contribution in [0.1, 0.15) is 12.0 Å². The lowest BCUT2D eigenvalue weighted by molar-refractivity contribution is 0.566. The standard InChI is InChI=1S/C8H6ClFN2/c9-7-4-6(2-1-3-11)8(10)12-5-7/h4-5H,1-2H2. The predicted octanol–water partition coefficient (Wildman–Crippen LogP) is 2.33. The molecule has 1 rings (SSSR count). The van der Waals surface area contributed by atoms with Crippen molar-refractivity contribution in [2.24, 2.45) is 0 Å². The molecule has 0 aliphatic rings. The lowest BCUT2D eigenvalue weighted by Gasteiger charge is -1.98. The number of pyridine rings is 1. The molecule has 0 radical (unpaired) electrons. The summed E-state index contributed by atoms with van der Waals surface area (Å²) < 4.78 is 12.8. The van der Waals surface area contributed by atoms with E-state index in [0.29, 0.717) is 17.0 Å². The first-order chi connectivity index (χ1) is 5.74. The summed E-state index contributed by atoms with van der Waals surface area (Å²) in [6, 6.07) is 3.41. The fourth-order valence-electron chi connectivity index (χ4n) is 0.830. The van der Waals surface area contributed by atoms with Gasteiger partial charge in [-0.2, -0.15) is 9.65 Å². The molecule has 0 saturated heterocycles. The molecule has 12 heavy (non-hydrogen) atoms. The van der Waals surface area contributed by atoms with Crippen LogP contribution < -0.4 is 0 Å². The summed E-state index contributed by atoms with van der Waals surface area (Å²) in [6.45, 7) is 0. The maximum absolute atomic E-state index is 12.8. The van der Waals surface area contributed by atoms with Crippen molar-refractivity contribution in [1.29, 1.82) is 5.26 Å². The van der Waals surface area contributed by atoms with E-state index < -0.39 is 5.95 Å². The average Bonchev–Trinajstić information content (AvgIpc) is 2.07. The molecule has 0 bridgehead atoms. The molecule has 0 atom stereocenters. The van der Waals surface area contributed by atoms with Gasteiger partial charge in [0.05, 0.1) is 11.1 Å². The zero-order chi connectivity index (χ0) is 8.97. The number of nitriles is 1. The minimum Gasteiger partial charge on any atom is -0.227 e. The minimum absolute atomic E-state index is 0.277. The Morgan fingerprint density at radius 2 is 2.42 bits per heavy atom. The van der Waals surface area contributed by atoms with Crippen LogP contribution in [0.4, 0.5) is 4.39 Å². The Morgan fingerprint density at radius 3 is 3.08 bits per heavy atom. The zero-order valence-electron chi connectivity index (χ0n) is 6.22. The van der Waals surface area contributed by atoms with Crippen LogP contribution in [0.5, 0.6) is 0 Å². The Hall–Kier alpha value is -1.14. The van der Waals surface area contributed by atoms with Gasteiger partial charge in [0.15, 0.2) is 0 Å². The van der Waals surface area contributed by atoms with Gasteiger partial charge >= 0.3 is 0 Å². The predicted molar refractivity (Wildman–Crippen MR) is 43.1 cm³/mol. The first kappa shape index (κ1) is 8.95. The van der Waals surface area contributed by atoms with Gasteiger partial charge < -0.3 is 0 Å². The Morgan fingerprint density at radius 1 is 1.67 bits per heavy atom. The van der Waals surface area contributed by atoms with E-state index in [2.05, 4.69) is 4.98 Å². The SMILES string of the molecule is N#CCCc1cc(Cl)cnc1F. The van der Waals surface area contributed by atoms with Crippen LogP contribution in [0.3, 0.4) is 0 Å². The molecule has 0 aliphatic heterocycles. The number of hydrogen-bond acceptors (Lipinski definition) is 2. The van der Waals surface area contributed by atoms with E-state index in [1.54, 1.807) is 0 Å². The van der Waals surface area contributed by atoms with Crippen LogP contribution in [-0.4, -0.2) is 4.98 Å². The van der Waals surface area contributed by atoms with Gasteiger partial charge in [-0.05, 0) is 12.5 Å². The summed E-state index contributed by atoms with van der Waals surface area (Å²) in [4.78, 5) is 3.42. The number of halogens is 2. The summed E-state index contributed by atoms with van der Waals surface area (Å²) in [5.41, 5.74) is 0.393. The van der Waals surface area contributed by atoms with Gasteiger partial charge in [-0.15, -0.1) is 0 Å². The maximum Gasteiger partial charge on any atom is 0.216 e. The Labute approximate surface area is 74.6 Å². The summed E-state index contributed by atoms with van der Waals surface area (Å²) in [6.07, 6.45) is 1.88. The lowest BCUT2D eigenvalue weighted by Crippen LogP contribution is -1.92. The van der Waals surface area contributed by atoms with E-state index in [-0.39, 0.29) is 6.42 Å². The lowest BCUT2D eigenvalue weighted by atomic mass is 10.2. The second-order valence-corrected chi connectivity index (χ2v) is 2.70. The molecule has 2 nitrogen and oxygen atoms in total. The van der Waals surface area contributed by atoms with Crippen molar-refractivity contribution in [3.8, 4) is 6.07 Å². The summed E-state index contributed by atoms with van der Waals surface area (Å²) in [5.74, 6) is -0.547. The largest absolute Gasteiger partial charge is 0.227 e.